The van der Waals surface area contributed by atoms with Crippen molar-refractivity contribution in [3.05, 3.63) is 40.3 Å². The van der Waals surface area contributed by atoms with Gasteiger partial charge in [0, 0.05) is 11.4 Å². The molecule has 0 unspecified atom stereocenters. The van der Waals surface area contributed by atoms with E-state index in [9.17, 15) is 14.4 Å². The molecule has 0 saturated carbocycles. The van der Waals surface area contributed by atoms with Gasteiger partial charge in [-0.15, -0.1) is 11.3 Å². The van der Waals surface area contributed by atoms with Crippen LogP contribution in [0, 0.1) is 0 Å². The van der Waals surface area contributed by atoms with Crippen LogP contribution in [0.25, 0.3) is 0 Å². The van der Waals surface area contributed by atoms with Crippen LogP contribution < -0.4 is 14.8 Å². The van der Waals surface area contributed by atoms with Crippen molar-refractivity contribution in [2.75, 3.05) is 31.7 Å². The van der Waals surface area contributed by atoms with Crippen molar-refractivity contribution in [1.82, 2.24) is 4.90 Å². The Balaban J connectivity index is 1.56. The zero-order chi connectivity index (χ0) is 22.7. The standard InChI is InChI=1S/C22H24N2O7S/c1-3-28-21(26)18-13-9-10-24(22(27)29-4-2)11-17(13)32-20(18)23-19(25)16-12-30-14-7-5-6-8-15(14)31-16/h5-8,16H,3-4,9-12H2,1-2H3,(H,23,25)/t16-/m0/s1. The summed E-state index contributed by atoms with van der Waals surface area (Å²) in [4.78, 5) is 40.2. The highest BCUT2D eigenvalue weighted by Gasteiger charge is 2.34. The van der Waals surface area contributed by atoms with Gasteiger partial charge in [0.2, 0.25) is 6.10 Å². The SMILES string of the molecule is CCOC(=O)c1c(NC(=O)[C@@H]2COc3ccccc3O2)sc2c1CCN(C(=O)OCC)C2. The van der Waals surface area contributed by atoms with Crippen LogP contribution in [0.5, 0.6) is 11.5 Å². The fraction of sp³-hybridized carbons (Fsp3) is 0.409. The van der Waals surface area contributed by atoms with E-state index in [2.05, 4.69) is 5.32 Å². The molecule has 0 bridgehead atoms. The van der Waals surface area contributed by atoms with Crippen molar-refractivity contribution >= 4 is 34.3 Å². The number of ether oxygens (including phenoxy) is 4. The lowest BCUT2D eigenvalue weighted by Gasteiger charge is -2.26. The molecule has 0 fully saturated rings. The Bertz CT molecular complexity index is 1040. The third kappa shape index (κ3) is 4.36. The average molecular weight is 461 g/mol. The Morgan fingerprint density at radius 2 is 1.91 bits per heavy atom. The summed E-state index contributed by atoms with van der Waals surface area (Å²) in [6, 6.07) is 7.12. The molecule has 0 aliphatic carbocycles. The predicted molar refractivity (Wildman–Crippen MR) is 116 cm³/mol. The molecule has 3 heterocycles. The lowest BCUT2D eigenvalue weighted by molar-refractivity contribution is -0.125. The summed E-state index contributed by atoms with van der Waals surface area (Å²) in [5.41, 5.74) is 1.12. The summed E-state index contributed by atoms with van der Waals surface area (Å²) >= 11 is 1.25. The lowest BCUT2D eigenvalue weighted by Crippen LogP contribution is -2.40. The first-order valence-corrected chi connectivity index (χ1v) is 11.3. The van der Waals surface area contributed by atoms with E-state index in [4.69, 9.17) is 18.9 Å². The van der Waals surface area contributed by atoms with Crippen LogP contribution in [-0.2, 0) is 27.2 Å². The molecule has 0 saturated heterocycles. The molecule has 2 aliphatic heterocycles. The summed E-state index contributed by atoms with van der Waals surface area (Å²) < 4.78 is 21.7. The first kappa shape index (κ1) is 21.9. The van der Waals surface area contributed by atoms with E-state index in [0.717, 1.165) is 10.4 Å². The van der Waals surface area contributed by atoms with Gasteiger partial charge in [0.1, 0.15) is 11.6 Å². The van der Waals surface area contributed by atoms with E-state index in [0.29, 0.717) is 41.6 Å². The van der Waals surface area contributed by atoms with E-state index in [1.807, 2.05) is 6.07 Å². The van der Waals surface area contributed by atoms with Crippen LogP contribution in [0.1, 0.15) is 34.6 Å². The number of benzene rings is 1. The van der Waals surface area contributed by atoms with Gasteiger partial charge in [-0.25, -0.2) is 9.59 Å². The highest BCUT2D eigenvalue weighted by atomic mass is 32.1. The summed E-state index contributed by atoms with van der Waals surface area (Å²) in [5.74, 6) is 0.136. The van der Waals surface area contributed by atoms with Crippen molar-refractivity contribution in [1.29, 1.82) is 0 Å². The van der Waals surface area contributed by atoms with Crippen LogP contribution in [0.2, 0.25) is 0 Å². The minimum atomic E-state index is -0.866. The number of rotatable bonds is 5. The van der Waals surface area contributed by atoms with E-state index in [-0.39, 0.29) is 19.8 Å². The van der Waals surface area contributed by atoms with E-state index in [1.165, 1.54) is 11.3 Å². The zero-order valence-corrected chi connectivity index (χ0v) is 18.7. The third-order valence-corrected chi connectivity index (χ3v) is 6.23. The lowest BCUT2D eigenvalue weighted by atomic mass is 10.0. The number of nitrogens with zero attached hydrogens (tertiary/aromatic N) is 1. The average Bonchev–Trinajstić information content (AvgIpc) is 3.16. The second-order valence-corrected chi connectivity index (χ2v) is 8.26. The smallest absolute Gasteiger partial charge is 0.410 e. The van der Waals surface area contributed by atoms with E-state index in [1.54, 1.807) is 36.9 Å². The number of esters is 1. The van der Waals surface area contributed by atoms with Crippen LogP contribution in [0.15, 0.2) is 24.3 Å². The summed E-state index contributed by atoms with van der Waals surface area (Å²) in [7, 11) is 0. The molecule has 1 atom stereocenters. The van der Waals surface area contributed by atoms with Gasteiger partial charge in [-0.05, 0) is 38.0 Å². The molecule has 9 nitrogen and oxygen atoms in total. The molecule has 1 aromatic carbocycles. The number of thiophene rings is 1. The second-order valence-electron chi connectivity index (χ2n) is 7.15. The van der Waals surface area contributed by atoms with Crippen molar-refractivity contribution in [3.63, 3.8) is 0 Å². The molecule has 1 aromatic heterocycles. The van der Waals surface area contributed by atoms with Gasteiger partial charge >= 0.3 is 12.1 Å². The van der Waals surface area contributed by atoms with Crippen molar-refractivity contribution in [2.45, 2.75) is 32.9 Å². The molecule has 10 heteroatoms. The Kier molecular flexibility index (Phi) is 6.50. The number of nitrogens with one attached hydrogen (secondary N) is 1. The maximum absolute atomic E-state index is 12.9. The summed E-state index contributed by atoms with van der Waals surface area (Å²) in [5, 5.41) is 3.20. The number of para-hydroxylation sites is 2. The fourth-order valence-electron chi connectivity index (χ4n) is 3.62. The van der Waals surface area contributed by atoms with Gasteiger partial charge in [0.25, 0.3) is 5.91 Å². The topological polar surface area (TPSA) is 103 Å². The third-order valence-electron chi connectivity index (χ3n) is 5.10. The van der Waals surface area contributed by atoms with Gasteiger partial charge in [-0.1, -0.05) is 12.1 Å². The van der Waals surface area contributed by atoms with Gasteiger partial charge in [-0.2, -0.15) is 0 Å². The number of hydrogen-bond acceptors (Lipinski definition) is 8. The minimum absolute atomic E-state index is 0.0549. The highest BCUT2D eigenvalue weighted by molar-refractivity contribution is 7.17. The zero-order valence-electron chi connectivity index (χ0n) is 17.8. The molecule has 4 rings (SSSR count). The second kappa shape index (κ2) is 9.47. The quantitative estimate of drug-likeness (QED) is 0.684. The van der Waals surface area contributed by atoms with Crippen LogP contribution in [-0.4, -0.2) is 55.3 Å². The van der Waals surface area contributed by atoms with E-state index >= 15 is 0 Å². The first-order valence-electron chi connectivity index (χ1n) is 10.4. The molecule has 2 amide bonds. The highest BCUT2D eigenvalue weighted by Crippen LogP contribution is 2.38. The first-order chi connectivity index (χ1) is 15.5. The van der Waals surface area contributed by atoms with Crippen molar-refractivity contribution in [2.24, 2.45) is 0 Å². The Morgan fingerprint density at radius 1 is 1.16 bits per heavy atom. The monoisotopic (exact) mass is 460 g/mol. The Morgan fingerprint density at radius 3 is 2.66 bits per heavy atom. The number of amides is 2. The molecule has 2 aliphatic rings. The number of fused-ring (bicyclic) bond motifs is 2. The molecule has 170 valence electrons. The van der Waals surface area contributed by atoms with Crippen LogP contribution in [0.4, 0.5) is 9.80 Å². The summed E-state index contributed by atoms with van der Waals surface area (Å²) in [6.45, 7) is 4.74. The Labute approximate surface area is 189 Å². The molecule has 0 spiro atoms. The van der Waals surface area contributed by atoms with Gasteiger partial charge in [0.15, 0.2) is 11.5 Å². The molecule has 1 N–H and O–H groups in total. The number of hydrogen-bond donors (Lipinski definition) is 1. The largest absolute Gasteiger partial charge is 0.485 e. The predicted octanol–water partition coefficient (Wildman–Crippen LogP) is 3.22. The van der Waals surface area contributed by atoms with Gasteiger partial charge in [-0.3, -0.25) is 4.79 Å². The van der Waals surface area contributed by atoms with Gasteiger partial charge < -0.3 is 29.2 Å². The molecule has 32 heavy (non-hydrogen) atoms. The normalized spacial score (nSPS) is 16.7. The Hall–Kier alpha value is -3.27. The minimum Gasteiger partial charge on any atom is -0.485 e. The number of carbonyl (C=O) groups excluding carboxylic acids is 3. The maximum atomic E-state index is 12.9. The molecular weight excluding hydrogens is 436 g/mol. The molecule has 2 aromatic rings. The van der Waals surface area contributed by atoms with Crippen molar-refractivity contribution in [3.8, 4) is 11.5 Å². The maximum Gasteiger partial charge on any atom is 0.410 e. The molecular formula is C22H24N2O7S. The van der Waals surface area contributed by atoms with Crippen molar-refractivity contribution < 1.29 is 33.3 Å². The number of carbonyl (C=O) groups is 3. The number of anilines is 1. The van der Waals surface area contributed by atoms with Crippen LogP contribution in [0.3, 0.4) is 0 Å². The molecule has 0 radical (unpaired) electrons. The summed E-state index contributed by atoms with van der Waals surface area (Å²) in [6.07, 6.45) is -0.804. The van der Waals surface area contributed by atoms with E-state index < -0.39 is 24.1 Å². The fourth-order valence-corrected chi connectivity index (χ4v) is 4.88. The van der Waals surface area contributed by atoms with Gasteiger partial charge in [0.05, 0.1) is 25.3 Å². The van der Waals surface area contributed by atoms with Crippen LogP contribution >= 0.6 is 11.3 Å².